The Morgan fingerprint density at radius 1 is 1.08 bits per heavy atom. The molecule has 0 aliphatic carbocycles. The van der Waals surface area contributed by atoms with Crippen molar-refractivity contribution in [3.63, 3.8) is 0 Å². The van der Waals surface area contributed by atoms with Crippen molar-refractivity contribution in [2.24, 2.45) is 0 Å². The second-order valence-corrected chi connectivity index (χ2v) is 9.63. The van der Waals surface area contributed by atoms with Gasteiger partial charge in [0.1, 0.15) is 12.4 Å². The Kier molecular flexibility index (Phi) is 6.99. The molecule has 1 saturated heterocycles. The first kappa shape index (κ1) is 24.6. The first-order valence-corrected chi connectivity index (χ1v) is 12.7. The van der Waals surface area contributed by atoms with Gasteiger partial charge < -0.3 is 18.9 Å². The minimum absolute atomic E-state index is 0.00698. The average molecular weight is 496 g/mol. The molecule has 5 rings (SSSR count). The van der Waals surface area contributed by atoms with Crippen LogP contribution in [0.5, 0.6) is 11.5 Å². The Hall–Kier alpha value is -4.06. The number of carbonyl (C=O) groups excluding carboxylic acids is 1. The third-order valence-electron chi connectivity index (χ3n) is 7.01. The number of hydrogen-bond donors (Lipinski definition) is 0. The van der Waals surface area contributed by atoms with Crippen LogP contribution in [0.3, 0.4) is 0 Å². The number of aromatic nitrogens is 2. The van der Waals surface area contributed by atoms with E-state index in [2.05, 4.69) is 49.3 Å². The molecular weight excluding hydrogens is 462 g/mol. The Labute approximate surface area is 218 Å². The highest BCUT2D eigenvalue weighted by Crippen LogP contribution is 2.35. The molecule has 1 unspecified atom stereocenters. The monoisotopic (exact) mass is 495 g/mol. The standard InChI is InChI=1S/C31H33N3O3/c1-5-8-23-13-14-28(29(18-23)36-4)37-16-15-33-26-10-7-6-9-25(26)32-31(33)24-19-30(35)34(20-24)27-17-21(2)11-12-22(27)3/h5-7,9-14,17-18,24H,1,8,15-16,19-20H2,2-4H3. The number of amides is 1. The van der Waals surface area contributed by atoms with Crippen LogP contribution in [0.25, 0.3) is 11.0 Å². The van der Waals surface area contributed by atoms with E-state index in [0.717, 1.165) is 45.7 Å². The minimum Gasteiger partial charge on any atom is -0.493 e. The molecule has 6 nitrogen and oxygen atoms in total. The molecule has 1 aliphatic heterocycles. The van der Waals surface area contributed by atoms with Crippen LogP contribution in [0, 0.1) is 13.8 Å². The summed E-state index contributed by atoms with van der Waals surface area (Å²) in [5.74, 6) is 2.49. The summed E-state index contributed by atoms with van der Waals surface area (Å²) in [4.78, 5) is 20.0. The number of anilines is 1. The van der Waals surface area contributed by atoms with Gasteiger partial charge >= 0.3 is 0 Å². The number of hydrogen-bond acceptors (Lipinski definition) is 4. The quantitative estimate of drug-likeness (QED) is 0.268. The molecule has 1 aromatic heterocycles. The maximum atomic E-state index is 13.1. The van der Waals surface area contributed by atoms with Crippen LogP contribution in [0.15, 0.2) is 73.3 Å². The predicted octanol–water partition coefficient (Wildman–Crippen LogP) is 5.99. The van der Waals surface area contributed by atoms with Gasteiger partial charge in [0.15, 0.2) is 11.5 Å². The minimum atomic E-state index is 0.00698. The fraction of sp³-hybridized carbons (Fsp3) is 0.290. The molecule has 1 amide bonds. The zero-order valence-corrected chi connectivity index (χ0v) is 21.7. The topological polar surface area (TPSA) is 56.6 Å². The van der Waals surface area contributed by atoms with E-state index < -0.39 is 0 Å². The molecule has 0 saturated carbocycles. The van der Waals surface area contributed by atoms with Crippen molar-refractivity contribution in [3.8, 4) is 11.5 Å². The van der Waals surface area contributed by atoms with E-state index >= 15 is 0 Å². The molecule has 190 valence electrons. The summed E-state index contributed by atoms with van der Waals surface area (Å²) in [5, 5.41) is 0. The Morgan fingerprint density at radius 2 is 1.92 bits per heavy atom. The number of allylic oxidation sites excluding steroid dienone is 1. The molecule has 1 fully saturated rings. The molecule has 0 spiro atoms. The van der Waals surface area contributed by atoms with Crippen molar-refractivity contribution >= 4 is 22.6 Å². The van der Waals surface area contributed by atoms with Crippen molar-refractivity contribution in [2.75, 3.05) is 25.2 Å². The van der Waals surface area contributed by atoms with Gasteiger partial charge in [-0.15, -0.1) is 6.58 Å². The molecule has 3 aromatic carbocycles. The van der Waals surface area contributed by atoms with Gasteiger partial charge in [-0.25, -0.2) is 4.98 Å². The lowest BCUT2D eigenvalue weighted by molar-refractivity contribution is -0.117. The smallest absolute Gasteiger partial charge is 0.227 e. The second-order valence-electron chi connectivity index (χ2n) is 9.63. The fourth-order valence-corrected chi connectivity index (χ4v) is 5.14. The molecule has 0 N–H and O–H groups in total. The van der Waals surface area contributed by atoms with Gasteiger partial charge in [0, 0.05) is 24.6 Å². The van der Waals surface area contributed by atoms with Crippen molar-refractivity contribution in [2.45, 2.75) is 39.2 Å². The van der Waals surface area contributed by atoms with E-state index in [1.165, 1.54) is 0 Å². The Morgan fingerprint density at radius 3 is 2.73 bits per heavy atom. The normalized spacial score (nSPS) is 15.4. The van der Waals surface area contributed by atoms with E-state index in [0.29, 0.717) is 37.6 Å². The van der Waals surface area contributed by atoms with Crippen LogP contribution in [0.1, 0.15) is 34.9 Å². The Bertz CT molecular complexity index is 1460. The van der Waals surface area contributed by atoms with Gasteiger partial charge in [-0.1, -0.05) is 36.4 Å². The number of fused-ring (bicyclic) bond motifs is 1. The summed E-state index contributed by atoms with van der Waals surface area (Å²) < 4.78 is 13.9. The summed E-state index contributed by atoms with van der Waals surface area (Å²) in [6, 6.07) is 20.3. The summed E-state index contributed by atoms with van der Waals surface area (Å²) >= 11 is 0. The van der Waals surface area contributed by atoms with E-state index in [4.69, 9.17) is 14.5 Å². The molecule has 1 aliphatic rings. The number of ether oxygens (including phenoxy) is 2. The Balaban J connectivity index is 1.39. The number of rotatable bonds is 9. The lowest BCUT2D eigenvalue weighted by atomic mass is 10.1. The summed E-state index contributed by atoms with van der Waals surface area (Å²) in [5.41, 5.74) is 6.35. The molecule has 6 heteroatoms. The maximum absolute atomic E-state index is 13.1. The van der Waals surface area contributed by atoms with Crippen LogP contribution in [-0.4, -0.2) is 35.7 Å². The molecule has 1 atom stereocenters. The molecule has 0 bridgehead atoms. The van der Waals surface area contributed by atoms with Gasteiger partial charge in [0.25, 0.3) is 0 Å². The van der Waals surface area contributed by atoms with Crippen molar-refractivity contribution in [1.82, 2.24) is 9.55 Å². The number of carbonyl (C=O) groups is 1. The van der Waals surface area contributed by atoms with Crippen molar-refractivity contribution in [1.29, 1.82) is 0 Å². The van der Waals surface area contributed by atoms with Crippen molar-refractivity contribution < 1.29 is 14.3 Å². The van der Waals surface area contributed by atoms with Gasteiger partial charge in [0.2, 0.25) is 5.91 Å². The third kappa shape index (κ3) is 4.96. The number of aryl methyl sites for hydroxylation is 2. The van der Waals surface area contributed by atoms with Crippen LogP contribution >= 0.6 is 0 Å². The lowest BCUT2D eigenvalue weighted by Crippen LogP contribution is -2.25. The van der Waals surface area contributed by atoms with Crippen LogP contribution in [0.2, 0.25) is 0 Å². The van der Waals surface area contributed by atoms with E-state index in [-0.39, 0.29) is 11.8 Å². The maximum Gasteiger partial charge on any atom is 0.227 e. The van der Waals surface area contributed by atoms with Crippen LogP contribution < -0.4 is 14.4 Å². The van der Waals surface area contributed by atoms with Gasteiger partial charge in [-0.3, -0.25) is 4.79 Å². The first-order chi connectivity index (χ1) is 18.0. The van der Waals surface area contributed by atoms with Crippen LogP contribution in [-0.2, 0) is 17.8 Å². The van der Waals surface area contributed by atoms with E-state index in [9.17, 15) is 4.79 Å². The SMILES string of the molecule is C=CCc1ccc(OCCn2c(C3CC(=O)N(c4cc(C)ccc4C)C3)nc3ccccc32)c(OC)c1. The molecule has 37 heavy (non-hydrogen) atoms. The fourth-order valence-electron chi connectivity index (χ4n) is 5.14. The zero-order valence-electron chi connectivity index (χ0n) is 21.7. The summed E-state index contributed by atoms with van der Waals surface area (Å²) in [6.45, 7) is 9.60. The number of benzene rings is 3. The largest absolute Gasteiger partial charge is 0.493 e. The van der Waals surface area contributed by atoms with Gasteiger partial charge in [0.05, 0.1) is 24.7 Å². The molecular formula is C31H33N3O3. The number of nitrogens with zero attached hydrogens (tertiary/aromatic N) is 3. The lowest BCUT2D eigenvalue weighted by Gasteiger charge is -2.20. The number of para-hydroxylation sites is 2. The van der Waals surface area contributed by atoms with Gasteiger partial charge in [-0.05, 0) is 67.3 Å². The summed E-state index contributed by atoms with van der Waals surface area (Å²) in [7, 11) is 1.65. The highest BCUT2D eigenvalue weighted by molar-refractivity contribution is 5.97. The van der Waals surface area contributed by atoms with Crippen LogP contribution in [0.4, 0.5) is 5.69 Å². The van der Waals surface area contributed by atoms with Crippen molar-refractivity contribution in [3.05, 3.63) is 95.8 Å². The number of methoxy groups -OCH3 is 1. The predicted molar refractivity (Wildman–Crippen MR) is 148 cm³/mol. The third-order valence-corrected chi connectivity index (χ3v) is 7.01. The highest BCUT2D eigenvalue weighted by atomic mass is 16.5. The van der Waals surface area contributed by atoms with Gasteiger partial charge in [-0.2, -0.15) is 0 Å². The van der Waals surface area contributed by atoms with E-state index in [1.54, 1.807) is 7.11 Å². The summed E-state index contributed by atoms with van der Waals surface area (Å²) in [6.07, 6.45) is 3.09. The average Bonchev–Trinajstić information content (AvgIpc) is 3.46. The molecule has 2 heterocycles. The van der Waals surface area contributed by atoms with E-state index in [1.807, 2.05) is 47.4 Å². The molecule has 4 aromatic rings. The number of imidazole rings is 1. The zero-order chi connectivity index (χ0) is 25.9. The highest BCUT2D eigenvalue weighted by Gasteiger charge is 2.35. The first-order valence-electron chi connectivity index (χ1n) is 12.7. The molecule has 0 radical (unpaired) electrons. The second kappa shape index (κ2) is 10.5.